The number of para-hydroxylation sites is 1. The third-order valence-corrected chi connectivity index (χ3v) is 3.41. The van der Waals surface area contributed by atoms with Crippen molar-refractivity contribution in [2.75, 3.05) is 18.4 Å². The summed E-state index contributed by atoms with van der Waals surface area (Å²) in [6.07, 6.45) is 5.72. The van der Waals surface area contributed by atoms with Crippen LogP contribution >= 0.6 is 0 Å². The highest BCUT2D eigenvalue weighted by molar-refractivity contribution is 5.78. The van der Waals surface area contributed by atoms with Crippen LogP contribution in [0.3, 0.4) is 0 Å². The van der Waals surface area contributed by atoms with Gasteiger partial charge in [0.05, 0.1) is 5.52 Å². The van der Waals surface area contributed by atoms with E-state index < -0.39 is 0 Å². The number of fused-ring (bicyclic) bond motifs is 1. The molecule has 18 heavy (non-hydrogen) atoms. The summed E-state index contributed by atoms with van der Waals surface area (Å²) in [4.78, 5) is 8.85. The van der Waals surface area contributed by atoms with Gasteiger partial charge in [0.1, 0.15) is 0 Å². The minimum atomic E-state index is 0.550. The number of aromatic nitrogens is 2. The highest BCUT2D eigenvalue weighted by Crippen LogP contribution is 2.12. The summed E-state index contributed by atoms with van der Waals surface area (Å²) >= 11 is 0. The fraction of sp³-hybridized carbons (Fsp3) is 0.429. The molecule has 2 heterocycles. The first-order chi connectivity index (χ1) is 8.92. The zero-order chi connectivity index (χ0) is 12.2. The molecule has 0 amide bonds. The van der Waals surface area contributed by atoms with Crippen LogP contribution in [0.2, 0.25) is 0 Å². The van der Waals surface area contributed by atoms with E-state index in [1.54, 1.807) is 0 Å². The number of hydrogen-bond donors (Lipinski definition) is 2. The van der Waals surface area contributed by atoms with Gasteiger partial charge in [0.25, 0.3) is 0 Å². The summed E-state index contributed by atoms with van der Waals surface area (Å²) < 4.78 is 0. The average Bonchev–Trinajstić information content (AvgIpc) is 2.46. The van der Waals surface area contributed by atoms with Gasteiger partial charge in [0.15, 0.2) is 0 Å². The van der Waals surface area contributed by atoms with Crippen LogP contribution in [0.25, 0.3) is 10.9 Å². The quantitative estimate of drug-likeness (QED) is 0.866. The van der Waals surface area contributed by atoms with E-state index in [4.69, 9.17) is 0 Å². The van der Waals surface area contributed by atoms with Crippen molar-refractivity contribution in [3.63, 3.8) is 0 Å². The molecular formula is C14H18N4. The molecule has 1 atom stereocenters. The fourth-order valence-corrected chi connectivity index (χ4v) is 2.37. The molecule has 0 aliphatic carbocycles. The Morgan fingerprint density at radius 1 is 1.28 bits per heavy atom. The van der Waals surface area contributed by atoms with Crippen LogP contribution in [0.4, 0.5) is 5.95 Å². The van der Waals surface area contributed by atoms with Crippen molar-refractivity contribution < 1.29 is 0 Å². The van der Waals surface area contributed by atoms with Gasteiger partial charge in [-0.3, -0.25) is 0 Å². The van der Waals surface area contributed by atoms with Gasteiger partial charge in [0, 0.05) is 24.2 Å². The van der Waals surface area contributed by atoms with Gasteiger partial charge in [0.2, 0.25) is 5.95 Å². The number of hydrogen-bond acceptors (Lipinski definition) is 4. The van der Waals surface area contributed by atoms with Crippen molar-refractivity contribution in [1.29, 1.82) is 0 Å². The minimum absolute atomic E-state index is 0.550. The summed E-state index contributed by atoms with van der Waals surface area (Å²) in [6, 6.07) is 8.60. The molecule has 94 valence electrons. The van der Waals surface area contributed by atoms with E-state index in [1.807, 2.05) is 30.5 Å². The molecule has 1 aliphatic rings. The number of piperidine rings is 1. The first kappa shape index (κ1) is 11.4. The molecule has 0 bridgehead atoms. The summed E-state index contributed by atoms with van der Waals surface area (Å²) in [6.45, 7) is 2.03. The Labute approximate surface area is 107 Å². The molecule has 1 aromatic carbocycles. The molecule has 4 heteroatoms. The lowest BCUT2D eigenvalue weighted by atomic mass is 10.1. The van der Waals surface area contributed by atoms with Crippen molar-refractivity contribution in [3.05, 3.63) is 30.5 Å². The van der Waals surface area contributed by atoms with Crippen molar-refractivity contribution in [1.82, 2.24) is 15.3 Å². The highest BCUT2D eigenvalue weighted by Gasteiger charge is 2.12. The van der Waals surface area contributed by atoms with Crippen molar-refractivity contribution in [2.45, 2.75) is 25.3 Å². The Kier molecular flexibility index (Phi) is 3.37. The smallest absolute Gasteiger partial charge is 0.223 e. The second-order valence-corrected chi connectivity index (χ2v) is 4.78. The Morgan fingerprint density at radius 2 is 2.22 bits per heavy atom. The molecule has 3 rings (SSSR count). The second kappa shape index (κ2) is 5.31. The number of anilines is 1. The number of rotatable bonds is 3. The van der Waals surface area contributed by atoms with Crippen molar-refractivity contribution in [3.8, 4) is 0 Å². The third-order valence-electron chi connectivity index (χ3n) is 3.41. The molecule has 1 aliphatic heterocycles. The van der Waals surface area contributed by atoms with E-state index in [1.165, 1.54) is 19.3 Å². The fourth-order valence-electron chi connectivity index (χ4n) is 2.37. The van der Waals surface area contributed by atoms with E-state index in [-0.39, 0.29) is 0 Å². The molecule has 1 aromatic heterocycles. The van der Waals surface area contributed by atoms with Crippen LogP contribution in [0.15, 0.2) is 30.5 Å². The minimum Gasteiger partial charge on any atom is -0.353 e. The lowest BCUT2D eigenvalue weighted by Crippen LogP contribution is -2.39. The van der Waals surface area contributed by atoms with Crippen LogP contribution in [0, 0.1) is 0 Å². The average molecular weight is 242 g/mol. The molecule has 4 nitrogen and oxygen atoms in total. The standard InChI is InChI=1S/C14H18N4/c1-2-7-13-11(5-1)9-16-14(18-13)17-10-12-6-3-4-8-15-12/h1-2,5,7,9,12,15H,3-4,6,8,10H2,(H,16,17,18). The molecule has 1 saturated heterocycles. The SMILES string of the molecule is c1ccc2nc(NCC3CCCCN3)ncc2c1. The first-order valence-electron chi connectivity index (χ1n) is 6.61. The highest BCUT2D eigenvalue weighted by atomic mass is 15.1. The van der Waals surface area contributed by atoms with Crippen molar-refractivity contribution in [2.24, 2.45) is 0 Å². The largest absolute Gasteiger partial charge is 0.353 e. The molecule has 1 unspecified atom stereocenters. The van der Waals surface area contributed by atoms with Gasteiger partial charge in [-0.05, 0) is 25.5 Å². The Balaban J connectivity index is 1.66. The van der Waals surface area contributed by atoms with Crippen LogP contribution in [0.1, 0.15) is 19.3 Å². The molecule has 0 radical (unpaired) electrons. The van der Waals surface area contributed by atoms with Gasteiger partial charge in [-0.2, -0.15) is 0 Å². The lowest BCUT2D eigenvalue weighted by molar-refractivity contribution is 0.413. The zero-order valence-corrected chi connectivity index (χ0v) is 10.4. The van der Waals surface area contributed by atoms with Crippen LogP contribution in [-0.2, 0) is 0 Å². The second-order valence-electron chi connectivity index (χ2n) is 4.78. The third kappa shape index (κ3) is 2.59. The van der Waals surface area contributed by atoms with E-state index in [0.717, 1.165) is 29.9 Å². The number of nitrogens with one attached hydrogen (secondary N) is 2. The predicted molar refractivity (Wildman–Crippen MR) is 73.7 cm³/mol. The van der Waals surface area contributed by atoms with Crippen molar-refractivity contribution >= 4 is 16.9 Å². The maximum atomic E-state index is 4.51. The van der Waals surface area contributed by atoms with E-state index in [9.17, 15) is 0 Å². The molecular weight excluding hydrogens is 224 g/mol. The van der Waals surface area contributed by atoms with Crippen LogP contribution < -0.4 is 10.6 Å². The Morgan fingerprint density at radius 3 is 3.11 bits per heavy atom. The number of nitrogens with zero attached hydrogens (tertiary/aromatic N) is 2. The molecule has 2 N–H and O–H groups in total. The molecule has 0 spiro atoms. The van der Waals surface area contributed by atoms with Crippen LogP contribution in [0.5, 0.6) is 0 Å². The van der Waals surface area contributed by atoms with Gasteiger partial charge in [-0.1, -0.05) is 24.6 Å². The normalized spacial score (nSPS) is 19.9. The molecule has 1 fully saturated rings. The monoisotopic (exact) mass is 242 g/mol. The topological polar surface area (TPSA) is 49.8 Å². The van der Waals surface area contributed by atoms with Gasteiger partial charge >= 0.3 is 0 Å². The number of benzene rings is 1. The van der Waals surface area contributed by atoms with Gasteiger partial charge in [-0.25, -0.2) is 9.97 Å². The lowest BCUT2D eigenvalue weighted by Gasteiger charge is -2.23. The van der Waals surface area contributed by atoms with E-state index in [0.29, 0.717) is 6.04 Å². The van der Waals surface area contributed by atoms with E-state index in [2.05, 4.69) is 20.6 Å². The maximum absolute atomic E-state index is 4.51. The predicted octanol–water partition coefficient (Wildman–Crippen LogP) is 2.18. The van der Waals surface area contributed by atoms with Gasteiger partial charge in [-0.15, -0.1) is 0 Å². The van der Waals surface area contributed by atoms with E-state index >= 15 is 0 Å². The summed E-state index contributed by atoms with van der Waals surface area (Å²) in [5.41, 5.74) is 0.992. The Bertz CT molecular complexity index is 520. The van der Waals surface area contributed by atoms with Crippen LogP contribution in [-0.4, -0.2) is 29.1 Å². The summed E-state index contributed by atoms with van der Waals surface area (Å²) in [5, 5.41) is 7.91. The molecule has 0 saturated carbocycles. The molecule has 2 aromatic rings. The maximum Gasteiger partial charge on any atom is 0.223 e. The first-order valence-corrected chi connectivity index (χ1v) is 6.61. The Hall–Kier alpha value is -1.68. The summed E-state index contributed by atoms with van der Waals surface area (Å²) in [7, 11) is 0. The van der Waals surface area contributed by atoms with Gasteiger partial charge < -0.3 is 10.6 Å². The zero-order valence-electron chi connectivity index (χ0n) is 10.4. The summed E-state index contributed by atoms with van der Waals surface area (Å²) in [5.74, 6) is 0.723.